The zero-order valence-electron chi connectivity index (χ0n) is 16.5. The number of hydrogen-bond donors (Lipinski definition) is 0. The van der Waals surface area contributed by atoms with Gasteiger partial charge >= 0.3 is 6.18 Å². The van der Waals surface area contributed by atoms with E-state index in [0.717, 1.165) is 5.56 Å². The average molecular weight is 414 g/mol. The lowest BCUT2D eigenvalue weighted by molar-refractivity contribution is -0.150. The highest BCUT2D eigenvalue weighted by Gasteiger charge is 2.40. The summed E-state index contributed by atoms with van der Waals surface area (Å²) in [4.78, 5) is 0. The van der Waals surface area contributed by atoms with E-state index in [1.54, 1.807) is 73.7 Å². The van der Waals surface area contributed by atoms with Gasteiger partial charge in [0, 0.05) is 0 Å². The van der Waals surface area contributed by atoms with Gasteiger partial charge in [-0.2, -0.15) is 13.2 Å². The van der Waals surface area contributed by atoms with Crippen LogP contribution in [0.1, 0.15) is 35.1 Å². The van der Waals surface area contributed by atoms with Crippen LogP contribution in [0, 0.1) is 5.82 Å². The maximum absolute atomic E-state index is 13.9. The third-order valence-corrected chi connectivity index (χ3v) is 4.74. The Morgan fingerprint density at radius 3 is 2.10 bits per heavy atom. The minimum atomic E-state index is -4.32. The summed E-state index contributed by atoms with van der Waals surface area (Å²) >= 11 is 0. The van der Waals surface area contributed by atoms with Crippen LogP contribution in [0.5, 0.6) is 5.75 Å². The normalized spacial score (nSPS) is 12.8. The van der Waals surface area contributed by atoms with Crippen molar-refractivity contribution in [3.8, 4) is 5.75 Å². The van der Waals surface area contributed by atoms with E-state index in [1.165, 1.54) is 18.2 Å². The van der Waals surface area contributed by atoms with Crippen LogP contribution >= 0.6 is 0 Å². The fourth-order valence-corrected chi connectivity index (χ4v) is 3.19. The average Bonchev–Trinajstić information content (AvgIpc) is 2.73. The summed E-state index contributed by atoms with van der Waals surface area (Å²) in [7, 11) is 0. The molecule has 3 aromatic rings. The third-order valence-electron chi connectivity index (χ3n) is 4.74. The molecular formula is C25H22F4O. The van der Waals surface area contributed by atoms with E-state index < -0.39 is 17.9 Å². The van der Waals surface area contributed by atoms with E-state index in [-0.39, 0.29) is 17.7 Å². The number of ether oxygens (including phenoxy) is 1. The summed E-state index contributed by atoms with van der Waals surface area (Å²) in [5.74, 6) is -1.78. The van der Waals surface area contributed by atoms with Crippen molar-refractivity contribution >= 4 is 12.2 Å². The van der Waals surface area contributed by atoms with Crippen LogP contribution in [-0.2, 0) is 6.42 Å². The second-order valence-electron chi connectivity index (χ2n) is 6.91. The van der Waals surface area contributed by atoms with E-state index in [1.807, 2.05) is 0 Å². The van der Waals surface area contributed by atoms with Crippen molar-refractivity contribution in [2.45, 2.75) is 25.4 Å². The molecule has 0 aliphatic carbocycles. The molecule has 0 bridgehead atoms. The van der Waals surface area contributed by atoms with Gasteiger partial charge in [0.1, 0.15) is 0 Å². The molecule has 3 rings (SSSR count). The van der Waals surface area contributed by atoms with Gasteiger partial charge in [-0.1, -0.05) is 72.8 Å². The highest BCUT2D eigenvalue weighted by Crippen LogP contribution is 2.37. The molecule has 0 N–H and O–H groups in total. The highest BCUT2D eigenvalue weighted by atomic mass is 19.4. The summed E-state index contributed by atoms with van der Waals surface area (Å²) in [5.41, 5.74) is 2.34. The molecule has 1 nitrogen and oxygen atoms in total. The largest absolute Gasteiger partial charge is 0.491 e. The topological polar surface area (TPSA) is 9.23 Å². The predicted octanol–water partition coefficient (Wildman–Crippen LogP) is 7.28. The fraction of sp³-hybridized carbons (Fsp3) is 0.200. The minimum absolute atomic E-state index is 0.123. The molecule has 0 aromatic heterocycles. The van der Waals surface area contributed by atoms with Crippen molar-refractivity contribution in [1.29, 1.82) is 0 Å². The van der Waals surface area contributed by atoms with E-state index in [4.69, 9.17) is 4.74 Å². The van der Waals surface area contributed by atoms with Crippen LogP contribution < -0.4 is 4.74 Å². The highest BCUT2D eigenvalue weighted by molar-refractivity contribution is 5.70. The van der Waals surface area contributed by atoms with Gasteiger partial charge in [0.15, 0.2) is 11.6 Å². The molecule has 0 fully saturated rings. The van der Waals surface area contributed by atoms with Crippen molar-refractivity contribution < 1.29 is 22.3 Å². The van der Waals surface area contributed by atoms with E-state index >= 15 is 0 Å². The Bertz CT molecular complexity index is 976. The smallest absolute Gasteiger partial charge is 0.396 e. The van der Waals surface area contributed by atoms with Gasteiger partial charge in [-0.05, 0) is 47.7 Å². The Labute approximate surface area is 173 Å². The van der Waals surface area contributed by atoms with Crippen LogP contribution in [-0.4, -0.2) is 12.8 Å². The molecule has 3 aromatic carbocycles. The standard InChI is InChI=1S/C25H22F4O/c1-2-30-24-15-14-20(17-23(24)26)13-10-18-8-11-19(12-9-18)16-22(25(27,28)29)21-6-4-3-5-7-21/h3-15,17,22H,2,16H2,1H3/t22-/m1/s1. The molecule has 0 spiro atoms. The molecule has 0 heterocycles. The van der Waals surface area contributed by atoms with Crippen LogP contribution in [0.3, 0.4) is 0 Å². The SMILES string of the molecule is CCOc1ccc(C=Cc2ccc(C[C@H](c3ccccc3)C(F)(F)F)cc2)cc1F. The Hall–Kier alpha value is -3.08. The summed E-state index contributed by atoms with van der Waals surface area (Å²) in [6, 6.07) is 19.5. The molecule has 0 aliphatic heterocycles. The molecule has 0 amide bonds. The van der Waals surface area contributed by atoms with Crippen molar-refractivity contribution in [2.75, 3.05) is 6.61 Å². The molecule has 0 saturated carbocycles. The molecular weight excluding hydrogens is 392 g/mol. The van der Waals surface area contributed by atoms with E-state index in [2.05, 4.69) is 0 Å². The zero-order chi connectivity index (χ0) is 21.6. The van der Waals surface area contributed by atoms with Gasteiger partial charge in [-0.3, -0.25) is 0 Å². The lowest BCUT2D eigenvalue weighted by atomic mass is 9.91. The van der Waals surface area contributed by atoms with Crippen LogP contribution in [0.15, 0.2) is 72.8 Å². The van der Waals surface area contributed by atoms with Crippen molar-refractivity contribution in [3.63, 3.8) is 0 Å². The molecule has 156 valence electrons. The first-order valence-electron chi connectivity index (χ1n) is 9.68. The maximum Gasteiger partial charge on any atom is 0.396 e. The van der Waals surface area contributed by atoms with Gasteiger partial charge in [0.25, 0.3) is 0 Å². The number of alkyl halides is 3. The molecule has 30 heavy (non-hydrogen) atoms. The van der Waals surface area contributed by atoms with Crippen molar-refractivity contribution in [2.24, 2.45) is 0 Å². The number of rotatable bonds is 7. The molecule has 0 radical (unpaired) electrons. The number of hydrogen-bond acceptors (Lipinski definition) is 1. The second-order valence-corrected chi connectivity index (χ2v) is 6.91. The Kier molecular flexibility index (Phi) is 6.93. The Morgan fingerprint density at radius 2 is 1.50 bits per heavy atom. The Balaban J connectivity index is 1.71. The van der Waals surface area contributed by atoms with Crippen LogP contribution in [0.2, 0.25) is 0 Å². The van der Waals surface area contributed by atoms with Gasteiger partial charge < -0.3 is 4.74 Å². The molecule has 0 aliphatic rings. The monoisotopic (exact) mass is 414 g/mol. The van der Waals surface area contributed by atoms with Crippen molar-refractivity contribution in [3.05, 3.63) is 101 Å². The second kappa shape index (κ2) is 9.61. The van der Waals surface area contributed by atoms with Gasteiger partial charge in [-0.25, -0.2) is 4.39 Å². The first kappa shape index (κ1) is 21.6. The molecule has 1 atom stereocenters. The number of benzene rings is 3. The molecule has 0 unspecified atom stereocenters. The summed E-state index contributed by atoms with van der Waals surface area (Å²) < 4.78 is 59.7. The van der Waals surface area contributed by atoms with Gasteiger partial charge in [0.2, 0.25) is 0 Å². The zero-order valence-corrected chi connectivity index (χ0v) is 16.5. The maximum atomic E-state index is 13.9. The van der Waals surface area contributed by atoms with Crippen molar-refractivity contribution in [1.82, 2.24) is 0 Å². The van der Waals surface area contributed by atoms with Gasteiger partial charge in [0.05, 0.1) is 12.5 Å². The van der Waals surface area contributed by atoms with Gasteiger partial charge in [-0.15, -0.1) is 0 Å². The lowest BCUT2D eigenvalue weighted by Gasteiger charge is -2.21. The summed E-state index contributed by atoms with van der Waals surface area (Å²) in [5, 5.41) is 0. The predicted molar refractivity (Wildman–Crippen MR) is 112 cm³/mol. The first-order valence-corrected chi connectivity index (χ1v) is 9.68. The summed E-state index contributed by atoms with van der Waals surface area (Å²) in [6.07, 6.45) is -0.910. The minimum Gasteiger partial charge on any atom is -0.491 e. The van der Waals surface area contributed by atoms with Crippen LogP contribution in [0.25, 0.3) is 12.2 Å². The fourth-order valence-electron chi connectivity index (χ4n) is 3.19. The lowest BCUT2D eigenvalue weighted by Crippen LogP contribution is -2.22. The van der Waals surface area contributed by atoms with E-state index in [9.17, 15) is 17.6 Å². The summed E-state index contributed by atoms with van der Waals surface area (Å²) in [6.45, 7) is 2.17. The number of halogens is 4. The first-order chi connectivity index (χ1) is 14.4. The molecule has 0 saturated heterocycles. The Morgan fingerprint density at radius 1 is 0.867 bits per heavy atom. The quantitative estimate of drug-likeness (QED) is 0.291. The molecule has 5 heteroatoms. The third kappa shape index (κ3) is 5.72. The van der Waals surface area contributed by atoms with Crippen LogP contribution in [0.4, 0.5) is 17.6 Å². The van der Waals surface area contributed by atoms with E-state index in [0.29, 0.717) is 17.7 Å².